The molecule has 1 heterocycles. The minimum Gasteiger partial charge on any atom is -0.455 e. The Kier molecular flexibility index (Phi) is 6.02. The van der Waals surface area contributed by atoms with Crippen molar-refractivity contribution < 1.29 is 4.42 Å². The lowest BCUT2D eigenvalue weighted by Gasteiger charge is -2.19. The van der Waals surface area contributed by atoms with Crippen LogP contribution < -0.4 is 0 Å². The molecule has 0 bridgehead atoms. The molecule has 0 aliphatic carbocycles. The van der Waals surface area contributed by atoms with Gasteiger partial charge in [0, 0.05) is 16.2 Å². The van der Waals surface area contributed by atoms with E-state index >= 15 is 0 Å². The topological polar surface area (TPSA) is 13.1 Å². The van der Waals surface area contributed by atoms with Crippen LogP contribution in [-0.2, 0) is 0 Å². The van der Waals surface area contributed by atoms with Crippen LogP contribution in [0.5, 0.6) is 0 Å². The predicted molar refractivity (Wildman–Crippen MR) is 218 cm³/mol. The molecule has 0 spiro atoms. The Balaban J connectivity index is 1.18. The first-order valence-electron chi connectivity index (χ1n) is 17.6. The number of hydrogen-bond donors (Lipinski definition) is 0. The van der Waals surface area contributed by atoms with E-state index in [1.165, 1.54) is 87.2 Å². The van der Waals surface area contributed by atoms with Gasteiger partial charge in [-0.25, -0.2) is 0 Å². The summed E-state index contributed by atoms with van der Waals surface area (Å²) in [6.45, 7) is 0. The molecule has 0 saturated heterocycles. The maximum absolute atomic E-state index is 6.56. The van der Waals surface area contributed by atoms with Crippen molar-refractivity contribution in [3.8, 4) is 33.4 Å². The lowest BCUT2D eigenvalue weighted by Crippen LogP contribution is -1.92. The second-order valence-electron chi connectivity index (χ2n) is 13.5. The number of furan rings is 1. The second-order valence-corrected chi connectivity index (χ2v) is 13.5. The van der Waals surface area contributed by atoms with E-state index in [9.17, 15) is 0 Å². The SMILES string of the molecule is c1ccc(-c2c3ccccc3c(-c3ccc(-c4ccc5c(c4)c4ccccc4c4c6ccccc6oc54)c4ccccc34)c3ccccc23)cc1. The van der Waals surface area contributed by atoms with Crippen LogP contribution in [0.1, 0.15) is 0 Å². The molecule has 0 aliphatic heterocycles. The molecular formula is C50H30O. The molecule has 1 aromatic heterocycles. The molecule has 0 amide bonds. The van der Waals surface area contributed by atoms with Gasteiger partial charge in [-0.1, -0.05) is 164 Å². The summed E-state index contributed by atoms with van der Waals surface area (Å²) in [7, 11) is 0. The van der Waals surface area contributed by atoms with Crippen molar-refractivity contribution in [3.63, 3.8) is 0 Å². The van der Waals surface area contributed by atoms with Gasteiger partial charge in [-0.2, -0.15) is 0 Å². The molecular weight excluding hydrogens is 617 g/mol. The Hall–Kier alpha value is -6.70. The predicted octanol–water partition coefficient (Wildman–Crippen LogP) is 14.4. The van der Waals surface area contributed by atoms with E-state index in [1.807, 2.05) is 6.07 Å². The van der Waals surface area contributed by atoms with Crippen molar-refractivity contribution >= 4 is 75.8 Å². The Morgan fingerprint density at radius 3 is 1.47 bits per heavy atom. The van der Waals surface area contributed by atoms with Crippen molar-refractivity contribution in [3.05, 3.63) is 182 Å². The summed E-state index contributed by atoms with van der Waals surface area (Å²) in [5.74, 6) is 0. The molecule has 0 aliphatic rings. The Labute approximate surface area is 294 Å². The van der Waals surface area contributed by atoms with Gasteiger partial charge in [0.15, 0.2) is 0 Å². The summed E-state index contributed by atoms with van der Waals surface area (Å²) in [6.07, 6.45) is 0. The van der Waals surface area contributed by atoms with Gasteiger partial charge < -0.3 is 4.42 Å². The number of para-hydroxylation sites is 1. The lowest BCUT2D eigenvalue weighted by molar-refractivity contribution is 0.673. The highest BCUT2D eigenvalue weighted by Gasteiger charge is 2.20. The van der Waals surface area contributed by atoms with Crippen LogP contribution >= 0.6 is 0 Å². The van der Waals surface area contributed by atoms with E-state index in [4.69, 9.17) is 4.42 Å². The highest BCUT2D eigenvalue weighted by Crippen LogP contribution is 2.47. The molecule has 0 fully saturated rings. The summed E-state index contributed by atoms with van der Waals surface area (Å²) in [4.78, 5) is 0. The van der Waals surface area contributed by atoms with E-state index in [0.717, 1.165) is 21.9 Å². The van der Waals surface area contributed by atoms with Gasteiger partial charge >= 0.3 is 0 Å². The summed E-state index contributed by atoms with van der Waals surface area (Å²) in [5.41, 5.74) is 9.34. The Morgan fingerprint density at radius 2 is 0.784 bits per heavy atom. The van der Waals surface area contributed by atoms with Crippen LogP contribution in [0.15, 0.2) is 186 Å². The molecule has 0 saturated carbocycles. The molecule has 1 nitrogen and oxygen atoms in total. The Morgan fingerprint density at radius 1 is 0.275 bits per heavy atom. The third-order valence-electron chi connectivity index (χ3n) is 10.8. The minimum absolute atomic E-state index is 0.924. The average molecular weight is 647 g/mol. The van der Waals surface area contributed by atoms with Crippen molar-refractivity contribution in [2.45, 2.75) is 0 Å². The zero-order chi connectivity index (χ0) is 33.5. The maximum Gasteiger partial charge on any atom is 0.143 e. The smallest absolute Gasteiger partial charge is 0.143 e. The van der Waals surface area contributed by atoms with Crippen LogP contribution in [0.25, 0.3) is 109 Å². The van der Waals surface area contributed by atoms with Crippen molar-refractivity contribution in [2.75, 3.05) is 0 Å². The molecule has 0 N–H and O–H groups in total. The van der Waals surface area contributed by atoms with Crippen LogP contribution in [0.3, 0.4) is 0 Å². The average Bonchev–Trinajstić information content (AvgIpc) is 3.60. The fourth-order valence-corrected chi connectivity index (χ4v) is 8.67. The van der Waals surface area contributed by atoms with Gasteiger partial charge in [0.05, 0.1) is 0 Å². The maximum atomic E-state index is 6.56. The number of benzene rings is 10. The standard InChI is InChI=1S/C50H30O/c1-2-14-31(15-3-1)47-38-20-8-10-22-40(38)48(41-23-11-9-21-39(41)47)42-29-28-33(34-16-4-5-17-35(34)42)32-26-27-43-45(30-32)36-18-6-7-19-37(36)49-44-24-12-13-25-46(44)51-50(43)49/h1-30H. The summed E-state index contributed by atoms with van der Waals surface area (Å²) < 4.78 is 6.56. The van der Waals surface area contributed by atoms with E-state index in [1.54, 1.807) is 0 Å². The quantitative estimate of drug-likeness (QED) is 0.138. The second kappa shape index (κ2) is 10.9. The molecule has 236 valence electrons. The van der Waals surface area contributed by atoms with Crippen LogP contribution in [0.2, 0.25) is 0 Å². The van der Waals surface area contributed by atoms with E-state index in [2.05, 4.69) is 176 Å². The largest absolute Gasteiger partial charge is 0.455 e. The van der Waals surface area contributed by atoms with Gasteiger partial charge in [0.25, 0.3) is 0 Å². The molecule has 0 atom stereocenters. The highest BCUT2D eigenvalue weighted by molar-refractivity contribution is 6.31. The third kappa shape index (κ3) is 4.09. The van der Waals surface area contributed by atoms with Crippen molar-refractivity contribution in [1.29, 1.82) is 0 Å². The first-order chi connectivity index (χ1) is 25.3. The lowest BCUT2D eigenvalue weighted by atomic mass is 9.83. The molecule has 1 heteroatoms. The first kappa shape index (κ1) is 28.2. The normalized spacial score (nSPS) is 11.9. The molecule has 0 unspecified atom stereocenters. The van der Waals surface area contributed by atoms with E-state index in [-0.39, 0.29) is 0 Å². The third-order valence-corrected chi connectivity index (χ3v) is 10.8. The van der Waals surface area contributed by atoms with E-state index in [0.29, 0.717) is 0 Å². The summed E-state index contributed by atoms with van der Waals surface area (Å²) >= 11 is 0. The summed E-state index contributed by atoms with van der Waals surface area (Å²) in [6, 6.07) is 66.2. The Bertz CT molecular complexity index is 3130. The minimum atomic E-state index is 0.924. The van der Waals surface area contributed by atoms with Gasteiger partial charge in [-0.05, 0) is 100 Å². The zero-order valence-corrected chi connectivity index (χ0v) is 27.7. The summed E-state index contributed by atoms with van der Waals surface area (Å²) in [5, 5.41) is 14.7. The monoisotopic (exact) mass is 646 g/mol. The fraction of sp³-hybridized carbons (Fsp3) is 0. The molecule has 11 rings (SSSR count). The van der Waals surface area contributed by atoms with E-state index < -0.39 is 0 Å². The molecule has 10 aromatic carbocycles. The number of rotatable bonds is 3. The first-order valence-corrected chi connectivity index (χ1v) is 17.6. The highest BCUT2D eigenvalue weighted by atomic mass is 16.3. The fourth-order valence-electron chi connectivity index (χ4n) is 8.67. The van der Waals surface area contributed by atoms with Gasteiger partial charge in [-0.15, -0.1) is 0 Å². The molecule has 51 heavy (non-hydrogen) atoms. The van der Waals surface area contributed by atoms with Gasteiger partial charge in [0.2, 0.25) is 0 Å². The zero-order valence-electron chi connectivity index (χ0n) is 27.7. The van der Waals surface area contributed by atoms with Crippen LogP contribution in [-0.4, -0.2) is 0 Å². The van der Waals surface area contributed by atoms with Crippen molar-refractivity contribution in [2.24, 2.45) is 0 Å². The van der Waals surface area contributed by atoms with Crippen molar-refractivity contribution in [1.82, 2.24) is 0 Å². The van der Waals surface area contributed by atoms with Crippen LogP contribution in [0.4, 0.5) is 0 Å². The number of fused-ring (bicyclic) bond motifs is 11. The van der Waals surface area contributed by atoms with Gasteiger partial charge in [-0.3, -0.25) is 0 Å². The molecule has 0 radical (unpaired) electrons. The molecule has 11 aromatic rings. The van der Waals surface area contributed by atoms with Gasteiger partial charge in [0.1, 0.15) is 11.2 Å². The van der Waals surface area contributed by atoms with Crippen LogP contribution in [0, 0.1) is 0 Å². The number of hydrogen-bond acceptors (Lipinski definition) is 1.